The number of hydrogen-bond donors (Lipinski definition) is 0. The summed E-state index contributed by atoms with van der Waals surface area (Å²) in [6.07, 6.45) is -1.86. The topological polar surface area (TPSA) is 145 Å². The average Bonchev–Trinajstić information content (AvgIpc) is 2.63. The lowest BCUT2D eigenvalue weighted by Crippen LogP contribution is -2.39. The fourth-order valence-electron chi connectivity index (χ4n) is 2.69. The van der Waals surface area contributed by atoms with Crippen LogP contribution in [0.25, 0.3) is 10.4 Å². The summed E-state index contributed by atoms with van der Waals surface area (Å²) in [6.45, 7) is 1.70. The van der Waals surface area contributed by atoms with Gasteiger partial charge in [0.2, 0.25) is 0 Å². The monoisotopic (exact) mass is 409 g/mol. The van der Waals surface area contributed by atoms with Crippen molar-refractivity contribution >= 4 is 22.1 Å². The predicted molar refractivity (Wildman–Crippen MR) is 97.4 cm³/mol. The minimum absolute atomic E-state index is 0.0124. The lowest BCUT2D eigenvalue weighted by molar-refractivity contribution is -0.139. The molecule has 0 aliphatic heterocycles. The van der Waals surface area contributed by atoms with Gasteiger partial charge in [0.25, 0.3) is 10.1 Å². The summed E-state index contributed by atoms with van der Waals surface area (Å²) >= 11 is 0. The molecule has 0 saturated heterocycles. The normalized spacial score (nSPS) is 19.5. The highest BCUT2D eigenvalue weighted by Crippen LogP contribution is 2.32. The SMILES string of the molecule is CCOC(=O)C1=C(N=[N+]=[N-])CC(OS(C)(=O)=O)C(OC(=O)c2ccccc2)C1. The van der Waals surface area contributed by atoms with Gasteiger partial charge in [0.05, 0.1) is 18.4 Å². The Hall–Kier alpha value is -2.88. The number of azide groups is 1. The molecule has 1 aliphatic carbocycles. The third-order valence-electron chi connectivity index (χ3n) is 3.82. The van der Waals surface area contributed by atoms with E-state index in [1.165, 1.54) is 12.1 Å². The number of carbonyl (C=O) groups excluding carboxylic acids is 2. The second-order valence-electron chi connectivity index (χ2n) is 5.89. The maximum Gasteiger partial charge on any atom is 0.338 e. The van der Waals surface area contributed by atoms with E-state index in [1.807, 2.05) is 0 Å². The van der Waals surface area contributed by atoms with Crippen LogP contribution in [0.5, 0.6) is 0 Å². The third-order valence-corrected chi connectivity index (χ3v) is 4.41. The van der Waals surface area contributed by atoms with Gasteiger partial charge in [0.1, 0.15) is 12.2 Å². The minimum atomic E-state index is -3.91. The van der Waals surface area contributed by atoms with Gasteiger partial charge in [-0.3, -0.25) is 4.18 Å². The number of hydrogen-bond acceptors (Lipinski definition) is 8. The van der Waals surface area contributed by atoms with E-state index in [0.717, 1.165) is 6.26 Å². The van der Waals surface area contributed by atoms with Crippen molar-refractivity contribution in [3.8, 4) is 0 Å². The maximum atomic E-state index is 12.4. The van der Waals surface area contributed by atoms with Crippen LogP contribution in [-0.2, 0) is 28.6 Å². The molecule has 1 aliphatic rings. The van der Waals surface area contributed by atoms with Crippen LogP contribution in [0.2, 0.25) is 0 Å². The molecule has 150 valence electrons. The number of carbonyl (C=O) groups is 2. The Morgan fingerprint density at radius 2 is 1.86 bits per heavy atom. The molecule has 1 aromatic carbocycles. The van der Waals surface area contributed by atoms with Crippen LogP contribution < -0.4 is 0 Å². The Morgan fingerprint density at radius 1 is 1.18 bits per heavy atom. The molecule has 2 rings (SSSR count). The van der Waals surface area contributed by atoms with Crippen molar-refractivity contribution in [2.24, 2.45) is 5.11 Å². The summed E-state index contributed by atoms with van der Waals surface area (Å²) in [5, 5.41) is 3.46. The smallest absolute Gasteiger partial charge is 0.338 e. The summed E-state index contributed by atoms with van der Waals surface area (Å²) < 4.78 is 38.6. The Bertz CT molecular complexity index is 921. The second kappa shape index (κ2) is 9.36. The molecule has 0 heterocycles. The van der Waals surface area contributed by atoms with E-state index in [1.54, 1.807) is 25.1 Å². The Kier molecular flexibility index (Phi) is 7.16. The highest BCUT2D eigenvalue weighted by molar-refractivity contribution is 7.86. The van der Waals surface area contributed by atoms with Gasteiger partial charge in [0, 0.05) is 29.0 Å². The van der Waals surface area contributed by atoms with E-state index < -0.39 is 34.3 Å². The van der Waals surface area contributed by atoms with Gasteiger partial charge in [-0.05, 0) is 24.6 Å². The van der Waals surface area contributed by atoms with Gasteiger partial charge < -0.3 is 9.47 Å². The number of esters is 2. The zero-order valence-corrected chi connectivity index (χ0v) is 16.1. The number of rotatable bonds is 7. The quantitative estimate of drug-likeness (QED) is 0.221. The van der Waals surface area contributed by atoms with Crippen LogP contribution >= 0.6 is 0 Å². The summed E-state index contributed by atoms with van der Waals surface area (Å²) in [5.74, 6) is -1.44. The molecule has 2 unspecified atom stereocenters. The van der Waals surface area contributed by atoms with E-state index in [9.17, 15) is 18.0 Å². The first-order valence-corrected chi connectivity index (χ1v) is 10.1. The van der Waals surface area contributed by atoms with Gasteiger partial charge >= 0.3 is 11.9 Å². The first-order chi connectivity index (χ1) is 13.2. The molecule has 10 nitrogen and oxygen atoms in total. The van der Waals surface area contributed by atoms with Crippen LogP contribution in [-0.4, -0.2) is 45.4 Å². The van der Waals surface area contributed by atoms with E-state index in [4.69, 9.17) is 19.2 Å². The molecule has 0 spiro atoms. The van der Waals surface area contributed by atoms with E-state index in [0.29, 0.717) is 0 Å². The van der Waals surface area contributed by atoms with E-state index in [-0.39, 0.29) is 36.3 Å². The van der Waals surface area contributed by atoms with E-state index in [2.05, 4.69) is 10.0 Å². The average molecular weight is 409 g/mol. The fraction of sp³-hybridized carbons (Fsp3) is 0.412. The Balaban J connectivity index is 2.37. The lowest BCUT2D eigenvalue weighted by atomic mass is 9.91. The number of nitrogens with zero attached hydrogens (tertiary/aromatic N) is 3. The highest BCUT2D eigenvalue weighted by Gasteiger charge is 2.38. The Labute approximate surface area is 161 Å². The molecule has 0 aromatic heterocycles. The molecule has 0 saturated carbocycles. The van der Waals surface area contributed by atoms with Gasteiger partial charge in [-0.15, -0.1) is 0 Å². The molecule has 0 N–H and O–H groups in total. The predicted octanol–water partition coefficient (Wildman–Crippen LogP) is 2.48. The van der Waals surface area contributed by atoms with Crippen molar-refractivity contribution in [2.75, 3.05) is 12.9 Å². The summed E-state index contributed by atoms with van der Waals surface area (Å²) in [4.78, 5) is 27.3. The zero-order valence-electron chi connectivity index (χ0n) is 15.3. The lowest BCUT2D eigenvalue weighted by Gasteiger charge is -2.31. The van der Waals surface area contributed by atoms with Gasteiger partial charge in [0.15, 0.2) is 0 Å². The third kappa shape index (κ3) is 5.81. The summed E-state index contributed by atoms with van der Waals surface area (Å²) in [5.41, 5.74) is 9.01. The maximum absolute atomic E-state index is 12.4. The molecule has 0 radical (unpaired) electrons. The molecular weight excluding hydrogens is 390 g/mol. The van der Waals surface area contributed by atoms with E-state index >= 15 is 0 Å². The first kappa shape index (κ1) is 21.4. The highest BCUT2D eigenvalue weighted by atomic mass is 32.2. The molecule has 0 fully saturated rings. The summed E-state index contributed by atoms with van der Waals surface area (Å²) in [6, 6.07) is 8.08. The molecule has 0 bridgehead atoms. The first-order valence-electron chi connectivity index (χ1n) is 8.33. The van der Waals surface area contributed by atoms with Crippen molar-refractivity contribution < 1.29 is 31.7 Å². The van der Waals surface area contributed by atoms with Crippen LogP contribution in [0.1, 0.15) is 30.1 Å². The van der Waals surface area contributed by atoms with Crippen LogP contribution in [0.3, 0.4) is 0 Å². The second-order valence-corrected chi connectivity index (χ2v) is 7.49. The minimum Gasteiger partial charge on any atom is -0.463 e. The van der Waals surface area contributed by atoms with Crippen LogP contribution in [0, 0.1) is 0 Å². The van der Waals surface area contributed by atoms with Crippen LogP contribution in [0.15, 0.2) is 46.7 Å². The molecule has 1 aromatic rings. The van der Waals surface area contributed by atoms with Crippen LogP contribution in [0.4, 0.5) is 0 Å². The summed E-state index contributed by atoms with van der Waals surface area (Å²) in [7, 11) is -3.91. The Morgan fingerprint density at radius 3 is 2.43 bits per heavy atom. The van der Waals surface area contributed by atoms with Crippen molar-refractivity contribution in [3.63, 3.8) is 0 Å². The molecule has 11 heteroatoms. The molecule has 28 heavy (non-hydrogen) atoms. The van der Waals surface area contributed by atoms with Crippen molar-refractivity contribution in [3.05, 3.63) is 57.6 Å². The molecule has 0 amide bonds. The number of benzene rings is 1. The van der Waals surface area contributed by atoms with Crippen molar-refractivity contribution in [2.45, 2.75) is 32.0 Å². The number of ether oxygens (including phenoxy) is 2. The standard InChI is InChI=1S/C17H19N3O7S/c1-3-25-17(22)12-9-14(26-16(21)11-7-5-4-6-8-11)15(27-28(2,23)24)10-13(12)19-20-18/h4-8,14-15H,3,9-10H2,1-2H3. The van der Waals surface area contributed by atoms with Gasteiger partial charge in [-0.2, -0.15) is 8.42 Å². The molecule has 2 atom stereocenters. The zero-order chi connectivity index (χ0) is 20.7. The van der Waals surface area contributed by atoms with Gasteiger partial charge in [-0.1, -0.05) is 23.3 Å². The fourth-order valence-corrected chi connectivity index (χ4v) is 3.33. The van der Waals surface area contributed by atoms with Gasteiger partial charge in [-0.25, -0.2) is 9.59 Å². The largest absolute Gasteiger partial charge is 0.463 e. The molecular formula is C17H19N3O7S. The van der Waals surface area contributed by atoms with Crippen molar-refractivity contribution in [1.29, 1.82) is 0 Å². The van der Waals surface area contributed by atoms with Crippen molar-refractivity contribution in [1.82, 2.24) is 0 Å².